The van der Waals surface area contributed by atoms with Gasteiger partial charge in [0.15, 0.2) is 11.4 Å². The van der Waals surface area contributed by atoms with Crippen molar-refractivity contribution in [2.24, 2.45) is 28.6 Å². The van der Waals surface area contributed by atoms with E-state index in [1.54, 1.807) is 0 Å². The van der Waals surface area contributed by atoms with Crippen LogP contribution >= 0.6 is 0 Å². The highest BCUT2D eigenvalue weighted by molar-refractivity contribution is 5.30. The third kappa shape index (κ3) is 2.13. The van der Waals surface area contributed by atoms with Crippen LogP contribution in [0.2, 0.25) is 0 Å². The van der Waals surface area contributed by atoms with Crippen LogP contribution in [0.5, 0.6) is 0 Å². The summed E-state index contributed by atoms with van der Waals surface area (Å²) < 4.78 is 12.0. The van der Waals surface area contributed by atoms with Crippen molar-refractivity contribution >= 4 is 0 Å². The van der Waals surface area contributed by atoms with Gasteiger partial charge in [0, 0.05) is 18.3 Å². The molecule has 0 amide bonds. The zero-order valence-corrected chi connectivity index (χ0v) is 16.4. The molecule has 4 aliphatic carbocycles. The predicted octanol–water partition coefficient (Wildman–Crippen LogP) is 2.92. The van der Waals surface area contributed by atoms with E-state index in [4.69, 9.17) is 9.47 Å². The summed E-state index contributed by atoms with van der Waals surface area (Å²) in [5.74, 6) is 0.767. The van der Waals surface area contributed by atoms with Gasteiger partial charge >= 0.3 is 0 Å². The van der Waals surface area contributed by atoms with Crippen LogP contribution in [-0.4, -0.2) is 40.9 Å². The summed E-state index contributed by atoms with van der Waals surface area (Å²) in [5.41, 5.74) is -0.509. The first kappa shape index (κ1) is 18.1. The van der Waals surface area contributed by atoms with Crippen LogP contribution in [0.15, 0.2) is 11.6 Å². The van der Waals surface area contributed by atoms with E-state index in [2.05, 4.69) is 19.1 Å². The van der Waals surface area contributed by atoms with Crippen LogP contribution in [0.25, 0.3) is 0 Å². The van der Waals surface area contributed by atoms with Gasteiger partial charge in [-0.15, -0.1) is 0 Å². The molecule has 7 atom stereocenters. The topological polar surface area (TPSA) is 82.7 Å². The van der Waals surface area contributed by atoms with E-state index < -0.39 is 22.9 Å². The molecule has 0 aromatic rings. The molecule has 2 N–H and O–H groups in total. The number of nitriles is 1. The Morgan fingerprint density at radius 1 is 1.15 bits per heavy atom. The Hall–Kier alpha value is -0.930. The maximum atomic E-state index is 11.0. The highest BCUT2D eigenvalue weighted by atomic mass is 16.7. The molecule has 5 aliphatic rings. The minimum absolute atomic E-state index is 0.142. The summed E-state index contributed by atoms with van der Waals surface area (Å²) in [7, 11) is 0. The Bertz CT molecular complexity index is 722. The molecule has 1 aliphatic heterocycles. The summed E-state index contributed by atoms with van der Waals surface area (Å²) in [6.45, 7) is 5.83. The quantitative estimate of drug-likeness (QED) is 0.504. The molecule has 7 unspecified atom stereocenters. The Kier molecular flexibility index (Phi) is 3.74. The number of aliphatic hydroxyl groups excluding tert-OH is 1. The fraction of sp³-hybridized carbons (Fsp3) is 0.864. The van der Waals surface area contributed by atoms with Crippen LogP contribution < -0.4 is 0 Å². The number of fused-ring (bicyclic) bond motifs is 5. The molecule has 148 valence electrons. The first-order valence-electron chi connectivity index (χ1n) is 10.6. The van der Waals surface area contributed by atoms with Crippen LogP contribution in [-0.2, 0) is 9.47 Å². The van der Waals surface area contributed by atoms with Crippen LogP contribution in [0.1, 0.15) is 58.8 Å². The fourth-order valence-corrected chi connectivity index (χ4v) is 7.57. The smallest absolute Gasteiger partial charge is 0.182 e. The van der Waals surface area contributed by atoms with Gasteiger partial charge in [-0.25, -0.2) is 0 Å². The van der Waals surface area contributed by atoms with Crippen molar-refractivity contribution in [3.63, 3.8) is 0 Å². The molecule has 5 nitrogen and oxygen atoms in total. The van der Waals surface area contributed by atoms with Gasteiger partial charge in [-0.3, -0.25) is 0 Å². The van der Waals surface area contributed by atoms with Crippen molar-refractivity contribution < 1.29 is 19.7 Å². The van der Waals surface area contributed by atoms with Crippen molar-refractivity contribution in [1.29, 1.82) is 5.26 Å². The van der Waals surface area contributed by atoms with Crippen molar-refractivity contribution in [2.45, 2.75) is 76.3 Å². The molecular weight excluding hydrogens is 342 g/mol. The third-order valence-electron chi connectivity index (χ3n) is 9.31. The van der Waals surface area contributed by atoms with Gasteiger partial charge in [-0.05, 0) is 55.3 Å². The molecule has 3 saturated carbocycles. The first-order chi connectivity index (χ1) is 12.8. The number of rotatable bonds is 0. The van der Waals surface area contributed by atoms with E-state index in [0.29, 0.717) is 31.5 Å². The predicted molar refractivity (Wildman–Crippen MR) is 98.3 cm³/mol. The van der Waals surface area contributed by atoms with E-state index in [1.165, 1.54) is 5.57 Å². The Morgan fingerprint density at radius 2 is 1.89 bits per heavy atom. The van der Waals surface area contributed by atoms with Gasteiger partial charge in [-0.1, -0.05) is 25.5 Å². The second-order valence-corrected chi connectivity index (χ2v) is 10.1. The lowest BCUT2D eigenvalue weighted by atomic mass is 9.47. The highest BCUT2D eigenvalue weighted by Gasteiger charge is 2.68. The highest BCUT2D eigenvalue weighted by Crippen LogP contribution is 2.67. The number of aliphatic hydroxyl groups is 2. The molecule has 0 aromatic carbocycles. The summed E-state index contributed by atoms with van der Waals surface area (Å²) in [6, 6.07) is 2.08. The molecule has 5 heteroatoms. The average Bonchev–Trinajstić information content (AvgIpc) is 3.19. The van der Waals surface area contributed by atoms with Gasteiger partial charge in [-0.2, -0.15) is 5.26 Å². The van der Waals surface area contributed by atoms with E-state index in [0.717, 1.165) is 38.5 Å². The molecule has 27 heavy (non-hydrogen) atoms. The molecule has 4 fully saturated rings. The zero-order valence-electron chi connectivity index (χ0n) is 16.4. The molecular formula is C22H31NO4. The number of allylic oxidation sites excluding steroid dienone is 1. The van der Waals surface area contributed by atoms with Gasteiger partial charge in [0.1, 0.15) is 6.07 Å². The second kappa shape index (κ2) is 5.57. The Balaban J connectivity index is 1.48. The summed E-state index contributed by atoms with van der Waals surface area (Å²) >= 11 is 0. The standard InChI is InChI=1S/C22H31NO4/c1-19-7-8-21(26-9-10-27-21)12-14(19)3-4-15-16(19)5-6-20(2)17(15)11-18(24)22(20,25)13-23/h3,15-18,24-25H,4-12H2,1-2H3. The maximum absolute atomic E-state index is 11.0. The lowest BCUT2D eigenvalue weighted by Crippen LogP contribution is -2.56. The largest absolute Gasteiger partial charge is 0.389 e. The number of nitrogens with zero attached hydrogens (tertiary/aromatic N) is 1. The van der Waals surface area contributed by atoms with Crippen molar-refractivity contribution in [2.75, 3.05) is 13.2 Å². The summed E-state index contributed by atoms with van der Waals surface area (Å²) in [4.78, 5) is 0. The van der Waals surface area contributed by atoms with E-state index >= 15 is 0 Å². The SMILES string of the molecule is CC12CCC3(CC1=CCC1C2CCC2(C)C1CC(O)C2(O)C#N)OCCO3. The number of hydrogen-bond donors (Lipinski definition) is 2. The van der Waals surface area contributed by atoms with Gasteiger partial charge in [0.25, 0.3) is 0 Å². The first-order valence-corrected chi connectivity index (χ1v) is 10.6. The van der Waals surface area contributed by atoms with Gasteiger partial charge < -0.3 is 19.7 Å². The van der Waals surface area contributed by atoms with Crippen molar-refractivity contribution in [3.05, 3.63) is 11.6 Å². The van der Waals surface area contributed by atoms with Gasteiger partial charge in [0.05, 0.1) is 19.3 Å². The number of hydrogen-bond acceptors (Lipinski definition) is 5. The maximum Gasteiger partial charge on any atom is 0.182 e. The van der Waals surface area contributed by atoms with E-state index in [-0.39, 0.29) is 11.3 Å². The van der Waals surface area contributed by atoms with E-state index in [9.17, 15) is 15.5 Å². The van der Waals surface area contributed by atoms with Crippen molar-refractivity contribution in [1.82, 2.24) is 0 Å². The average molecular weight is 373 g/mol. The third-order valence-corrected chi connectivity index (χ3v) is 9.31. The number of ether oxygens (including phenoxy) is 2. The minimum Gasteiger partial charge on any atom is -0.389 e. The molecule has 0 bridgehead atoms. The lowest BCUT2D eigenvalue weighted by Gasteiger charge is -2.59. The minimum atomic E-state index is -1.62. The van der Waals surface area contributed by atoms with Crippen LogP contribution in [0.3, 0.4) is 0 Å². The monoisotopic (exact) mass is 373 g/mol. The molecule has 1 saturated heterocycles. The molecule has 1 spiro atoms. The molecule has 1 heterocycles. The zero-order chi connectivity index (χ0) is 19.1. The fourth-order valence-electron chi connectivity index (χ4n) is 7.57. The Morgan fingerprint density at radius 3 is 2.59 bits per heavy atom. The lowest BCUT2D eigenvalue weighted by molar-refractivity contribution is -0.187. The summed E-state index contributed by atoms with van der Waals surface area (Å²) in [5, 5.41) is 31.2. The molecule has 5 rings (SSSR count). The summed E-state index contributed by atoms with van der Waals surface area (Å²) in [6.07, 6.45) is 7.67. The molecule has 0 aromatic heterocycles. The van der Waals surface area contributed by atoms with Crippen LogP contribution in [0, 0.1) is 39.9 Å². The van der Waals surface area contributed by atoms with E-state index in [1.807, 2.05) is 6.92 Å². The second-order valence-electron chi connectivity index (χ2n) is 10.1. The normalized spacial score (nSPS) is 53.2. The Labute approximate surface area is 161 Å². The molecule has 0 radical (unpaired) electrons. The van der Waals surface area contributed by atoms with Gasteiger partial charge in [0.2, 0.25) is 0 Å². The van der Waals surface area contributed by atoms with Crippen molar-refractivity contribution in [3.8, 4) is 6.07 Å². The van der Waals surface area contributed by atoms with Crippen LogP contribution in [0.4, 0.5) is 0 Å².